The summed E-state index contributed by atoms with van der Waals surface area (Å²) in [6, 6.07) is 0. The molecule has 48 heavy (non-hydrogen) atoms. The van der Waals surface area contributed by atoms with Crippen LogP contribution in [0, 0.1) is 0 Å². The maximum absolute atomic E-state index is 10.8. The lowest BCUT2D eigenvalue weighted by molar-refractivity contribution is -0.107. The molecule has 0 spiro atoms. The lowest BCUT2D eigenvalue weighted by Gasteiger charge is -2.26. The van der Waals surface area contributed by atoms with E-state index >= 15 is 0 Å². The normalized spacial score (nSPS) is 11.8. The van der Waals surface area contributed by atoms with Gasteiger partial charge in [0.05, 0.1) is 0 Å². The maximum Gasteiger partial charge on any atom is 0.119 e. The van der Waals surface area contributed by atoms with E-state index in [1.54, 1.807) is 0 Å². The van der Waals surface area contributed by atoms with Crippen LogP contribution in [-0.4, -0.2) is 55.4 Å². The van der Waals surface area contributed by atoms with Crippen molar-refractivity contribution in [2.75, 3.05) is 39.3 Å². The first kappa shape index (κ1) is 47.6. The first-order chi connectivity index (χ1) is 23.8. The van der Waals surface area contributed by atoms with E-state index in [1.165, 1.54) is 251 Å². The molecule has 3 nitrogen and oxygen atoms in total. The Balaban J connectivity index is 4.51. The molecule has 0 aliphatic rings. The van der Waals surface area contributed by atoms with E-state index in [2.05, 4.69) is 30.6 Å². The number of hydrogen-bond acceptors (Lipinski definition) is 3. The molecule has 0 aliphatic carbocycles. The average molecular weight is 677 g/mol. The van der Waals surface area contributed by atoms with Crippen LogP contribution in [0.25, 0.3) is 0 Å². The van der Waals surface area contributed by atoms with Crippen molar-refractivity contribution < 1.29 is 4.79 Å². The van der Waals surface area contributed by atoms with Crippen molar-refractivity contribution in [3.63, 3.8) is 0 Å². The lowest BCUT2D eigenvalue weighted by atomic mass is 10.1. The highest BCUT2D eigenvalue weighted by Gasteiger charge is 2.09. The fourth-order valence-electron chi connectivity index (χ4n) is 7.40. The van der Waals surface area contributed by atoms with Crippen LogP contribution in [0.15, 0.2) is 0 Å². The van der Waals surface area contributed by atoms with E-state index in [0.717, 1.165) is 19.1 Å². The number of nitrogens with zero attached hydrogens (tertiary/aromatic N) is 2. The van der Waals surface area contributed by atoms with E-state index in [1.807, 2.05) is 0 Å². The Morgan fingerprint density at radius 2 is 0.479 bits per heavy atom. The molecule has 0 bridgehead atoms. The molecule has 0 atom stereocenters. The summed E-state index contributed by atoms with van der Waals surface area (Å²) in [5, 5.41) is 0. The van der Waals surface area contributed by atoms with Crippen LogP contribution in [0.3, 0.4) is 0 Å². The monoisotopic (exact) mass is 677 g/mol. The summed E-state index contributed by atoms with van der Waals surface area (Å²) < 4.78 is 0. The predicted octanol–water partition coefficient (Wildman–Crippen LogP) is 14.5. The van der Waals surface area contributed by atoms with Gasteiger partial charge in [-0.15, -0.1) is 0 Å². The molecule has 288 valence electrons. The van der Waals surface area contributed by atoms with Gasteiger partial charge in [0.1, 0.15) is 6.29 Å². The molecule has 0 radical (unpaired) electrons. The largest absolute Gasteiger partial charge is 0.303 e. The third-order valence-corrected chi connectivity index (χ3v) is 10.7. The standard InChI is InChI=1S/C45H92N2O/c1-4-7-10-13-16-19-22-25-28-33-39-46(40-34-29-26-23-20-17-14-11-8-5-2)43-38-44-47(42-36-31-32-37-45-48)41-35-30-27-24-21-18-15-12-9-6-3/h45H,4-44H2,1-3H3. The maximum atomic E-state index is 10.8. The Bertz CT molecular complexity index is 557. The number of carbonyl (C=O) groups is 1. The van der Waals surface area contributed by atoms with Crippen LogP contribution in [-0.2, 0) is 4.79 Å². The van der Waals surface area contributed by atoms with Gasteiger partial charge in [-0.1, -0.05) is 201 Å². The summed E-state index contributed by atoms with van der Waals surface area (Å²) in [7, 11) is 0. The van der Waals surface area contributed by atoms with Gasteiger partial charge in [0.2, 0.25) is 0 Å². The first-order valence-electron chi connectivity index (χ1n) is 22.7. The highest BCUT2D eigenvalue weighted by molar-refractivity contribution is 5.48. The molecule has 0 aliphatic heterocycles. The lowest BCUT2D eigenvalue weighted by Crippen LogP contribution is -2.32. The fraction of sp³-hybridized carbons (Fsp3) is 0.978. The summed E-state index contributed by atoms with van der Waals surface area (Å²) >= 11 is 0. The minimum Gasteiger partial charge on any atom is -0.303 e. The van der Waals surface area contributed by atoms with Gasteiger partial charge in [0.25, 0.3) is 0 Å². The van der Waals surface area contributed by atoms with Crippen LogP contribution < -0.4 is 0 Å². The van der Waals surface area contributed by atoms with Crippen molar-refractivity contribution in [3.05, 3.63) is 0 Å². The predicted molar refractivity (Wildman–Crippen MR) is 218 cm³/mol. The number of rotatable bonds is 43. The molecule has 0 unspecified atom stereocenters. The number of carbonyl (C=O) groups excluding carboxylic acids is 1. The van der Waals surface area contributed by atoms with Crippen LogP contribution in [0.1, 0.15) is 245 Å². The van der Waals surface area contributed by atoms with Gasteiger partial charge < -0.3 is 14.6 Å². The Labute approximate surface area is 304 Å². The second-order valence-corrected chi connectivity index (χ2v) is 15.6. The summed E-state index contributed by atoms with van der Waals surface area (Å²) in [5.41, 5.74) is 0. The smallest absolute Gasteiger partial charge is 0.119 e. The van der Waals surface area contributed by atoms with Crippen molar-refractivity contribution in [2.45, 2.75) is 245 Å². The van der Waals surface area contributed by atoms with Gasteiger partial charge in [-0.05, 0) is 77.8 Å². The van der Waals surface area contributed by atoms with Crippen molar-refractivity contribution >= 4 is 6.29 Å². The minimum atomic E-state index is 0.741. The van der Waals surface area contributed by atoms with Crippen molar-refractivity contribution in [1.29, 1.82) is 0 Å². The SMILES string of the molecule is CCCCCCCCCCCCN(CCCCCC=O)CCCN(CCCCCCCCCCCC)CCCCCCCCCCCC. The molecule has 0 rings (SSSR count). The van der Waals surface area contributed by atoms with Crippen LogP contribution >= 0.6 is 0 Å². The van der Waals surface area contributed by atoms with Crippen molar-refractivity contribution in [1.82, 2.24) is 9.80 Å². The van der Waals surface area contributed by atoms with Crippen LogP contribution in [0.2, 0.25) is 0 Å². The molecule has 0 aromatic rings. The van der Waals surface area contributed by atoms with E-state index in [0.29, 0.717) is 0 Å². The fourth-order valence-corrected chi connectivity index (χ4v) is 7.40. The quantitative estimate of drug-likeness (QED) is 0.0474. The molecule has 0 saturated carbocycles. The van der Waals surface area contributed by atoms with E-state index in [9.17, 15) is 4.79 Å². The zero-order chi connectivity index (χ0) is 34.9. The first-order valence-corrected chi connectivity index (χ1v) is 22.7. The minimum absolute atomic E-state index is 0.741. The second kappa shape index (κ2) is 42.8. The molecule has 0 aromatic heterocycles. The highest BCUT2D eigenvalue weighted by atomic mass is 16.1. The van der Waals surface area contributed by atoms with Gasteiger partial charge >= 0.3 is 0 Å². The Hall–Kier alpha value is -0.410. The topological polar surface area (TPSA) is 23.6 Å². The molecule has 0 aromatic carbocycles. The zero-order valence-corrected chi connectivity index (χ0v) is 33.9. The Kier molecular flexibility index (Phi) is 42.4. The molecule has 0 fully saturated rings. The third-order valence-electron chi connectivity index (χ3n) is 10.7. The van der Waals surface area contributed by atoms with E-state index < -0.39 is 0 Å². The van der Waals surface area contributed by atoms with Gasteiger partial charge in [0.15, 0.2) is 0 Å². The van der Waals surface area contributed by atoms with Crippen LogP contribution in [0.4, 0.5) is 0 Å². The third kappa shape index (κ3) is 38.4. The number of hydrogen-bond donors (Lipinski definition) is 0. The van der Waals surface area contributed by atoms with E-state index in [-0.39, 0.29) is 0 Å². The summed E-state index contributed by atoms with van der Waals surface area (Å²) in [5.74, 6) is 0. The Morgan fingerprint density at radius 1 is 0.271 bits per heavy atom. The Morgan fingerprint density at radius 3 is 0.729 bits per heavy atom. The average Bonchev–Trinajstić information content (AvgIpc) is 3.09. The van der Waals surface area contributed by atoms with Gasteiger partial charge in [-0.3, -0.25) is 0 Å². The molecular weight excluding hydrogens is 585 g/mol. The van der Waals surface area contributed by atoms with E-state index in [4.69, 9.17) is 0 Å². The second-order valence-electron chi connectivity index (χ2n) is 15.6. The molecule has 0 saturated heterocycles. The summed E-state index contributed by atoms with van der Waals surface area (Å²) in [4.78, 5) is 16.4. The highest BCUT2D eigenvalue weighted by Crippen LogP contribution is 2.15. The van der Waals surface area contributed by atoms with Gasteiger partial charge in [0, 0.05) is 6.42 Å². The molecule has 0 amide bonds. The molecule has 0 heterocycles. The number of aldehydes is 1. The molecule has 0 N–H and O–H groups in total. The zero-order valence-electron chi connectivity index (χ0n) is 33.9. The number of unbranched alkanes of at least 4 members (excludes halogenated alkanes) is 30. The van der Waals surface area contributed by atoms with Gasteiger partial charge in [-0.2, -0.15) is 0 Å². The van der Waals surface area contributed by atoms with Crippen molar-refractivity contribution in [3.8, 4) is 0 Å². The molecular formula is C45H92N2O. The summed E-state index contributed by atoms with van der Waals surface area (Å²) in [6.45, 7) is 14.6. The van der Waals surface area contributed by atoms with Gasteiger partial charge in [-0.25, -0.2) is 0 Å². The molecule has 3 heteroatoms. The van der Waals surface area contributed by atoms with Crippen molar-refractivity contribution in [2.24, 2.45) is 0 Å². The summed E-state index contributed by atoms with van der Waals surface area (Å²) in [6.07, 6.45) is 49.5. The van der Waals surface area contributed by atoms with Crippen LogP contribution in [0.5, 0.6) is 0 Å².